The second kappa shape index (κ2) is 6.54. The fourth-order valence-corrected chi connectivity index (χ4v) is 5.73. The number of carbonyl (C=O) groups excluding carboxylic acids is 1. The van der Waals surface area contributed by atoms with Gasteiger partial charge in [0.15, 0.2) is 11.6 Å². The van der Waals surface area contributed by atoms with Crippen molar-refractivity contribution >= 4 is 18.1 Å². The molecule has 0 amide bonds. The highest BCUT2D eigenvalue weighted by atomic mass is 32.2. The highest BCUT2D eigenvalue weighted by Gasteiger charge is 2.54. The highest BCUT2D eigenvalue weighted by Crippen LogP contribution is 2.59. The Labute approximate surface area is 150 Å². The highest BCUT2D eigenvalue weighted by molar-refractivity contribution is 7.90. The summed E-state index contributed by atoms with van der Waals surface area (Å²) in [7, 11) is 0. The normalized spacial score (nSPS) is 33.6. The first kappa shape index (κ1) is 17.3. The van der Waals surface area contributed by atoms with Crippen molar-refractivity contribution in [3.05, 3.63) is 29.1 Å². The van der Waals surface area contributed by atoms with E-state index in [0.717, 1.165) is 43.2 Å². The van der Waals surface area contributed by atoms with Crippen LogP contribution in [0.2, 0.25) is 0 Å². The van der Waals surface area contributed by atoms with E-state index in [4.69, 9.17) is 10.1 Å². The lowest BCUT2D eigenvalue weighted by Crippen LogP contribution is -2.42. The first-order valence-corrected chi connectivity index (χ1v) is 9.43. The third-order valence-electron chi connectivity index (χ3n) is 6.68. The van der Waals surface area contributed by atoms with Gasteiger partial charge in [-0.3, -0.25) is 4.79 Å². The molecular weight excluding hydrogens is 345 g/mol. The monoisotopic (exact) mass is 367 g/mol. The maximum absolute atomic E-state index is 14.4. The van der Waals surface area contributed by atoms with E-state index >= 15 is 0 Å². The molecule has 136 valence electrons. The number of fused-ring (bicyclic) bond motifs is 5. The molecule has 0 aromatic heterocycles. The van der Waals surface area contributed by atoms with Crippen LogP contribution in [0.15, 0.2) is 12.1 Å². The molecule has 3 aliphatic carbocycles. The Morgan fingerprint density at radius 1 is 1.28 bits per heavy atom. The molecule has 0 radical (unpaired) electrons. The van der Waals surface area contributed by atoms with Crippen LogP contribution in [0.25, 0.3) is 0 Å². The minimum Gasteiger partial charge on any atom is -0.395 e. The van der Waals surface area contributed by atoms with Gasteiger partial charge in [0.25, 0.3) is 12.3 Å². The zero-order valence-corrected chi connectivity index (χ0v) is 14.9. The van der Waals surface area contributed by atoms with Crippen LogP contribution in [0.1, 0.15) is 56.1 Å². The molecule has 3 aliphatic rings. The average Bonchev–Trinajstić information content (AvgIpc) is 2.91. The Balaban J connectivity index is 1.60. The van der Waals surface area contributed by atoms with Gasteiger partial charge < -0.3 is 4.18 Å². The van der Waals surface area contributed by atoms with Gasteiger partial charge >= 0.3 is 0 Å². The molecule has 7 heteroatoms. The zero-order valence-electron chi connectivity index (χ0n) is 14.1. The van der Waals surface area contributed by atoms with Crippen LogP contribution in [0.3, 0.4) is 0 Å². The van der Waals surface area contributed by atoms with Crippen molar-refractivity contribution < 1.29 is 22.7 Å². The second-order valence-corrected chi connectivity index (χ2v) is 8.07. The molecule has 3 unspecified atom stereocenters. The number of rotatable bonds is 4. The van der Waals surface area contributed by atoms with Gasteiger partial charge in [0.1, 0.15) is 5.78 Å². The molecule has 0 bridgehead atoms. The smallest absolute Gasteiger partial charge is 0.260 e. The summed E-state index contributed by atoms with van der Waals surface area (Å²) in [6.07, 6.45) is 5.49. The topological polar surface area (TPSA) is 70.8 Å². The van der Waals surface area contributed by atoms with Gasteiger partial charge in [-0.25, -0.2) is 4.39 Å². The molecule has 0 heterocycles. The lowest BCUT2D eigenvalue weighted by Gasteiger charge is -2.48. The van der Waals surface area contributed by atoms with E-state index in [0.29, 0.717) is 42.3 Å². The maximum atomic E-state index is 14.4. The van der Waals surface area contributed by atoms with E-state index in [2.05, 4.69) is 16.2 Å². The molecule has 0 saturated heterocycles. The molecule has 0 aliphatic heterocycles. The predicted molar refractivity (Wildman–Crippen MR) is 90.6 cm³/mol. The number of carbonyl (C=O) groups is 1. The number of hydrogen-bond acceptors (Lipinski definition) is 6. The number of aryl methyl sites for hydroxylation is 1. The van der Waals surface area contributed by atoms with Crippen molar-refractivity contribution in [3.8, 4) is 5.75 Å². The van der Waals surface area contributed by atoms with E-state index in [1.165, 1.54) is 0 Å². The van der Waals surface area contributed by atoms with Crippen LogP contribution in [-0.4, -0.2) is 5.78 Å². The summed E-state index contributed by atoms with van der Waals surface area (Å²) >= 11 is 0.481. The number of ketones is 1. The summed E-state index contributed by atoms with van der Waals surface area (Å²) in [6.45, 7) is 2.15. The Hall–Kier alpha value is -1.15. The number of benzene rings is 1. The van der Waals surface area contributed by atoms with E-state index in [1.54, 1.807) is 12.1 Å². The molecule has 1 aromatic carbocycles. The molecule has 2 saturated carbocycles. The molecule has 5 nitrogen and oxygen atoms in total. The van der Waals surface area contributed by atoms with E-state index in [9.17, 15) is 9.18 Å². The van der Waals surface area contributed by atoms with Gasteiger partial charge in [0.05, 0.1) is 0 Å². The van der Waals surface area contributed by atoms with E-state index in [-0.39, 0.29) is 11.2 Å². The number of halogens is 1. The predicted octanol–water partition coefficient (Wildman–Crippen LogP) is 4.01. The quantitative estimate of drug-likeness (QED) is 0.375. The molecule has 4 atom stereocenters. The maximum Gasteiger partial charge on any atom is 0.260 e. The number of nitrogens with two attached hydrogens (primary N) is 1. The van der Waals surface area contributed by atoms with E-state index < -0.39 is 5.82 Å². The van der Waals surface area contributed by atoms with Gasteiger partial charge in [-0.1, -0.05) is 6.92 Å². The van der Waals surface area contributed by atoms with Gasteiger partial charge in [0.2, 0.25) is 0 Å². The SMILES string of the molecule is C[C@]12CCC3c4cc(F)c(OSOON)cc4CCC3C1CCC2=O. The molecule has 25 heavy (non-hydrogen) atoms. The summed E-state index contributed by atoms with van der Waals surface area (Å²) in [5.41, 5.74) is 2.06. The minimum absolute atomic E-state index is 0.121. The number of hydrogen-bond donors (Lipinski definition) is 1. The molecule has 1 aromatic rings. The van der Waals surface area contributed by atoms with Crippen molar-refractivity contribution in [1.29, 1.82) is 0 Å². The Morgan fingerprint density at radius 2 is 2.12 bits per heavy atom. The third-order valence-corrected chi connectivity index (χ3v) is 7.06. The molecule has 2 fully saturated rings. The fraction of sp³-hybridized carbons (Fsp3) is 0.611. The first-order valence-electron chi connectivity index (χ1n) is 8.77. The Bertz CT molecular complexity index is 700. The molecule has 2 N–H and O–H groups in total. The summed E-state index contributed by atoms with van der Waals surface area (Å²) < 4.78 is 24.0. The van der Waals surface area contributed by atoms with Crippen LogP contribution in [0.4, 0.5) is 4.39 Å². The summed E-state index contributed by atoms with van der Waals surface area (Å²) in [5.74, 6) is 6.13. The van der Waals surface area contributed by atoms with Gasteiger partial charge in [-0.2, -0.15) is 5.90 Å². The third kappa shape index (κ3) is 2.77. The zero-order chi connectivity index (χ0) is 17.6. The lowest BCUT2D eigenvalue weighted by atomic mass is 9.55. The Kier molecular flexibility index (Phi) is 4.52. The standard InChI is InChI=1S/C18H22FNO4S/c1-18-7-6-11-12(14(18)4-5-17(18)21)3-2-10-8-16(22-25-24-23-20)15(19)9-13(10)11/h8-9,11-12,14H,2-7,20H2,1H3/t11?,12?,14?,18-/m0/s1. The molecule has 4 rings (SSSR count). The number of Topliss-reactive ketones (excluding diaryl/α,β-unsaturated/α-hetero) is 1. The largest absolute Gasteiger partial charge is 0.395 e. The van der Waals surface area contributed by atoms with Crippen LogP contribution in [0.5, 0.6) is 5.75 Å². The first-order chi connectivity index (χ1) is 12.0. The lowest BCUT2D eigenvalue weighted by molar-refractivity contribution is -0.199. The van der Waals surface area contributed by atoms with Crippen LogP contribution in [0, 0.1) is 23.1 Å². The van der Waals surface area contributed by atoms with Crippen molar-refractivity contribution in [2.75, 3.05) is 0 Å². The Morgan fingerprint density at radius 3 is 2.92 bits per heavy atom. The van der Waals surface area contributed by atoms with Gasteiger partial charge in [-0.05, 0) is 73.1 Å². The minimum atomic E-state index is -0.414. The summed E-state index contributed by atoms with van der Waals surface area (Å²) in [5, 5.41) is 0. The van der Waals surface area contributed by atoms with Crippen LogP contribution < -0.4 is 10.1 Å². The fourth-order valence-electron chi connectivity index (χ4n) is 5.47. The van der Waals surface area contributed by atoms with Crippen molar-refractivity contribution in [3.63, 3.8) is 0 Å². The van der Waals surface area contributed by atoms with Gasteiger partial charge in [0, 0.05) is 11.8 Å². The van der Waals surface area contributed by atoms with Crippen molar-refractivity contribution in [2.45, 2.75) is 51.4 Å². The van der Waals surface area contributed by atoms with Crippen molar-refractivity contribution in [2.24, 2.45) is 23.1 Å². The summed E-state index contributed by atoms with van der Waals surface area (Å²) in [6, 6.07) is 3.35. The van der Waals surface area contributed by atoms with Gasteiger partial charge in [-0.15, -0.1) is 9.32 Å². The van der Waals surface area contributed by atoms with Crippen LogP contribution in [-0.2, 0) is 20.5 Å². The van der Waals surface area contributed by atoms with Crippen molar-refractivity contribution in [1.82, 2.24) is 0 Å². The molecular formula is C18H22FNO4S. The van der Waals surface area contributed by atoms with Crippen LogP contribution >= 0.6 is 12.3 Å². The van der Waals surface area contributed by atoms with E-state index in [1.807, 2.05) is 0 Å². The summed E-state index contributed by atoms with van der Waals surface area (Å²) in [4.78, 5) is 16.3. The second-order valence-electron chi connectivity index (χ2n) is 7.63. The average molecular weight is 367 g/mol. The molecule has 0 spiro atoms.